The summed E-state index contributed by atoms with van der Waals surface area (Å²) in [5.74, 6) is 5.26. The molecule has 8 heteroatoms. The van der Waals surface area contributed by atoms with Gasteiger partial charge in [-0.15, -0.1) is 11.8 Å². The topological polar surface area (TPSA) is 93.1 Å². The fourth-order valence-corrected chi connectivity index (χ4v) is 6.43. The average molecular weight is 434 g/mol. The molecule has 0 aliphatic rings. The van der Waals surface area contributed by atoms with Crippen LogP contribution < -0.4 is 0 Å². The second-order valence-corrected chi connectivity index (χ2v) is 11.9. The van der Waals surface area contributed by atoms with Gasteiger partial charge in [-0.05, 0) is 53.9 Å². The van der Waals surface area contributed by atoms with Crippen molar-refractivity contribution >= 4 is 15.0 Å². The number of ether oxygens (including phenoxy) is 1. The summed E-state index contributed by atoms with van der Waals surface area (Å²) in [7, 11) is -7.98. The van der Waals surface area contributed by atoms with Crippen LogP contribution in [-0.2, 0) is 18.4 Å². The summed E-state index contributed by atoms with van der Waals surface area (Å²) in [6.45, 7) is 9.91. The molecule has 0 rings (SSSR count). The van der Waals surface area contributed by atoms with Gasteiger partial charge >= 0.3 is 7.60 Å². The number of hydrogen-bond acceptors (Lipinski definition) is 4. The Morgan fingerprint density at radius 1 is 1.04 bits per heavy atom. The SMILES string of the molecule is CC(C)=CCCC(C)=CCCC#CCCOCP(=O)(CP(=O)(O)O)OC(C)C. The Kier molecular flexibility index (Phi) is 14.0. The van der Waals surface area contributed by atoms with Crippen molar-refractivity contribution in [2.75, 3.05) is 18.9 Å². The Hall–Kier alpha value is -0.660. The van der Waals surface area contributed by atoms with Crippen LogP contribution in [0, 0.1) is 11.8 Å². The molecule has 0 aromatic rings. The van der Waals surface area contributed by atoms with E-state index in [-0.39, 0.29) is 13.0 Å². The maximum absolute atomic E-state index is 12.5. The summed E-state index contributed by atoms with van der Waals surface area (Å²) in [5.41, 5.74) is 2.71. The van der Waals surface area contributed by atoms with Crippen LogP contribution in [0.2, 0.25) is 0 Å². The Morgan fingerprint density at radius 2 is 1.68 bits per heavy atom. The largest absolute Gasteiger partial charge is 0.370 e. The number of unbranched alkanes of at least 4 members (excludes halogenated alkanes) is 1. The Labute approximate surface area is 170 Å². The van der Waals surface area contributed by atoms with E-state index in [0.717, 1.165) is 25.7 Å². The van der Waals surface area contributed by atoms with Crippen molar-refractivity contribution in [1.82, 2.24) is 0 Å². The molecule has 0 radical (unpaired) electrons. The fraction of sp³-hybridized carbons (Fsp3) is 0.700. The lowest BCUT2D eigenvalue weighted by Crippen LogP contribution is -2.09. The summed E-state index contributed by atoms with van der Waals surface area (Å²) >= 11 is 0. The van der Waals surface area contributed by atoms with Crippen molar-refractivity contribution in [2.45, 2.75) is 72.8 Å². The third-order valence-electron chi connectivity index (χ3n) is 3.44. The van der Waals surface area contributed by atoms with Gasteiger partial charge in [0.15, 0.2) is 0 Å². The summed E-state index contributed by atoms with van der Waals surface area (Å²) < 4.78 is 34.2. The smallest absolute Gasteiger partial charge is 0.335 e. The molecule has 0 aromatic heterocycles. The van der Waals surface area contributed by atoms with E-state index in [0.29, 0.717) is 6.42 Å². The first-order valence-electron chi connectivity index (χ1n) is 9.57. The molecule has 0 aromatic carbocycles. The first-order chi connectivity index (χ1) is 12.9. The minimum atomic E-state index is -4.44. The molecule has 0 bridgehead atoms. The average Bonchev–Trinajstić information content (AvgIpc) is 2.50. The van der Waals surface area contributed by atoms with Crippen molar-refractivity contribution < 1.29 is 28.2 Å². The molecule has 0 amide bonds. The van der Waals surface area contributed by atoms with Crippen molar-refractivity contribution in [3.05, 3.63) is 23.3 Å². The maximum atomic E-state index is 12.5. The molecule has 0 spiro atoms. The molecule has 0 aliphatic carbocycles. The minimum Gasteiger partial charge on any atom is -0.370 e. The van der Waals surface area contributed by atoms with E-state index in [1.165, 1.54) is 11.1 Å². The molecule has 28 heavy (non-hydrogen) atoms. The summed E-state index contributed by atoms with van der Waals surface area (Å²) in [5, 5.41) is 0. The van der Waals surface area contributed by atoms with Gasteiger partial charge in [0.1, 0.15) is 12.3 Å². The molecule has 0 saturated carbocycles. The number of allylic oxidation sites excluding steroid dienone is 4. The number of rotatable bonds is 13. The monoisotopic (exact) mass is 434 g/mol. The molecule has 0 saturated heterocycles. The molecule has 6 nitrogen and oxygen atoms in total. The van der Waals surface area contributed by atoms with E-state index in [1.807, 2.05) is 0 Å². The van der Waals surface area contributed by atoms with Gasteiger partial charge in [0.2, 0.25) is 7.37 Å². The van der Waals surface area contributed by atoms with Gasteiger partial charge in [-0.25, -0.2) is 0 Å². The van der Waals surface area contributed by atoms with Crippen molar-refractivity contribution in [3.63, 3.8) is 0 Å². The third kappa shape index (κ3) is 17.4. The highest BCUT2D eigenvalue weighted by atomic mass is 31.2. The highest BCUT2D eigenvalue weighted by Crippen LogP contribution is 2.58. The summed E-state index contributed by atoms with van der Waals surface area (Å²) in [6.07, 6.45) is 8.03. The second-order valence-electron chi connectivity index (χ2n) is 7.33. The van der Waals surface area contributed by atoms with Crippen LogP contribution in [0.5, 0.6) is 0 Å². The zero-order valence-corrected chi connectivity index (χ0v) is 19.6. The van der Waals surface area contributed by atoms with Crippen molar-refractivity contribution in [2.24, 2.45) is 0 Å². The second kappa shape index (κ2) is 14.3. The van der Waals surface area contributed by atoms with E-state index >= 15 is 0 Å². The van der Waals surface area contributed by atoms with Gasteiger partial charge in [0.25, 0.3) is 0 Å². The van der Waals surface area contributed by atoms with Crippen molar-refractivity contribution in [1.29, 1.82) is 0 Å². The predicted molar refractivity (Wildman–Crippen MR) is 116 cm³/mol. The standard InChI is InChI=1S/C20H36O6P2/c1-18(2)12-11-14-20(5)13-9-7-6-8-10-15-25-16-27(21,26-19(3)4)17-28(22,23)24/h12-13,19H,7,9-11,14-17H2,1-5H3,(H2,22,23,24). The lowest BCUT2D eigenvalue weighted by atomic mass is 10.1. The fourth-order valence-electron chi connectivity index (χ4n) is 2.35. The summed E-state index contributed by atoms with van der Waals surface area (Å²) in [4.78, 5) is 18.1. The van der Waals surface area contributed by atoms with Gasteiger partial charge in [-0.2, -0.15) is 0 Å². The molecule has 162 valence electrons. The van der Waals surface area contributed by atoms with Crippen LogP contribution in [0.4, 0.5) is 0 Å². The van der Waals surface area contributed by atoms with Gasteiger partial charge in [0.05, 0.1) is 12.7 Å². The molecule has 2 N–H and O–H groups in total. The molecule has 1 unspecified atom stereocenters. The van der Waals surface area contributed by atoms with Gasteiger partial charge in [-0.1, -0.05) is 23.3 Å². The van der Waals surface area contributed by atoms with Crippen LogP contribution in [0.3, 0.4) is 0 Å². The van der Waals surface area contributed by atoms with Gasteiger partial charge in [0, 0.05) is 12.8 Å². The number of hydrogen-bond donors (Lipinski definition) is 2. The summed E-state index contributed by atoms with van der Waals surface area (Å²) in [6, 6.07) is 0. The van der Waals surface area contributed by atoms with Gasteiger partial charge < -0.3 is 19.0 Å². The van der Waals surface area contributed by atoms with E-state index in [4.69, 9.17) is 19.0 Å². The van der Waals surface area contributed by atoms with Crippen LogP contribution in [0.15, 0.2) is 23.3 Å². The van der Waals surface area contributed by atoms with Crippen molar-refractivity contribution in [3.8, 4) is 11.8 Å². The zero-order chi connectivity index (χ0) is 21.6. The highest BCUT2D eigenvalue weighted by Gasteiger charge is 2.33. The highest BCUT2D eigenvalue weighted by molar-refractivity contribution is 7.73. The molecular formula is C20H36O6P2. The molecular weight excluding hydrogens is 398 g/mol. The van der Waals surface area contributed by atoms with Crippen LogP contribution in [0.1, 0.15) is 66.7 Å². The Bertz CT molecular complexity index is 660. The van der Waals surface area contributed by atoms with E-state index in [1.54, 1.807) is 13.8 Å². The molecule has 0 heterocycles. The first-order valence-corrected chi connectivity index (χ1v) is 13.4. The molecule has 0 fully saturated rings. The predicted octanol–water partition coefficient (Wildman–Crippen LogP) is 5.67. The Balaban J connectivity index is 4.14. The van der Waals surface area contributed by atoms with Crippen LogP contribution >= 0.6 is 15.0 Å². The Morgan fingerprint density at radius 3 is 2.25 bits per heavy atom. The lowest BCUT2D eigenvalue weighted by molar-refractivity contribution is 0.157. The third-order valence-corrected chi connectivity index (χ3v) is 8.02. The van der Waals surface area contributed by atoms with E-state index < -0.39 is 27.0 Å². The van der Waals surface area contributed by atoms with E-state index in [9.17, 15) is 9.13 Å². The molecule has 0 aliphatic heterocycles. The molecule has 1 atom stereocenters. The van der Waals surface area contributed by atoms with Gasteiger partial charge in [-0.3, -0.25) is 9.13 Å². The lowest BCUT2D eigenvalue weighted by Gasteiger charge is -2.21. The van der Waals surface area contributed by atoms with Crippen LogP contribution in [0.25, 0.3) is 0 Å². The normalized spacial score (nSPS) is 14.4. The first kappa shape index (κ1) is 27.3. The minimum absolute atomic E-state index is 0.247. The van der Waals surface area contributed by atoms with E-state index in [2.05, 4.69) is 44.8 Å². The van der Waals surface area contributed by atoms with Crippen LogP contribution in [-0.4, -0.2) is 34.7 Å². The quantitative estimate of drug-likeness (QED) is 0.168. The maximum Gasteiger partial charge on any atom is 0.335 e. The zero-order valence-electron chi connectivity index (χ0n) is 17.8.